The molecule has 2 aliphatic rings. The van der Waals surface area contributed by atoms with Crippen molar-refractivity contribution in [2.45, 2.75) is 51.0 Å². The molecule has 1 aromatic rings. The summed E-state index contributed by atoms with van der Waals surface area (Å²) in [6, 6.07) is 2.20. The molecule has 2 aliphatic heterocycles. The van der Waals surface area contributed by atoms with Crippen LogP contribution in [0.4, 0.5) is 11.6 Å². The molecule has 0 saturated carbocycles. The molecule has 2 unspecified atom stereocenters. The summed E-state index contributed by atoms with van der Waals surface area (Å²) in [5.41, 5.74) is 5.28. The molecule has 1 aromatic heterocycles. The van der Waals surface area contributed by atoms with Crippen LogP contribution in [0.5, 0.6) is 0 Å². The number of primary amides is 1. The Hall–Kier alpha value is -1.89. The van der Waals surface area contributed by atoms with Gasteiger partial charge in [-0.2, -0.15) is 0 Å². The lowest BCUT2D eigenvalue weighted by molar-refractivity contribution is -0.118. The number of amides is 1. The second-order valence-corrected chi connectivity index (χ2v) is 7.22. The number of aliphatic hydroxyl groups excluding tert-OH is 1. The Kier molecular flexibility index (Phi) is 6.07. The molecule has 7 heteroatoms. The average molecular weight is 347 g/mol. The summed E-state index contributed by atoms with van der Waals surface area (Å²) >= 11 is 0. The minimum absolute atomic E-state index is 0.154. The molecule has 7 nitrogen and oxygen atoms in total. The molecule has 3 N–H and O–H groups in total. The van der Waals surface area contributed by atoms with Gasteiger partial charge in [-0.3, -0.25) is 4.79 Å². The van der Waals surface area contributed by atoms with E-state index in [-0.39, 0.29) is 18.6 Å². The monoisotopic (exact) mass is 347 g/mol. The summed E-state index contributed by atoms with van der Waals surface area (Å²) in [5, 5.41) is 9.65. The van der Waals surface area contributed by atoms with E-state index in [9.17, 15) is 9.90 Å². The molecule has 0 spiro atoms. The Morgan fingerprint density at radius 2 is 2.04 bits per heavy atom. The SMILES string of the molecule is NC(=O)CCC1CCCN(c2cc(N3CCCCC3CO)ncn2)C1. The number of carbonyl (C=O) groups excluding carboxylic acids is 1. The highest BCUT2D eigenvalue weighted by molar-refractivity contribution is 5.73. The first-order valence-electron chi connectivity index (χ1n) is 9.40. The number of aliphatic hydroxyl groups is 1. The number of carbonyl (C=O) groups is 1. The van der Waals surface area contributed by atoms with Crippen LogP contribution in [0.1, 0.15) is 44.9 Å². The van der Waals surface area contributed by atoms with Crippen LogP contribution in [-0.2, 0) is 4.79 Å². The number of nitrogens with two attached hydrogens (primary N) is 1. The van der Waals surface area contributed by atoms with E-state index in [4.69, 9.17) is 5.73 Å². The summed E-state index contributed by atoms with van der Waals surface area (Å²) in [4.78, 5) is 24.5. The topological polar surface area (TPSA) is 95.6 Å². The van der Waals surface area contributed by atoms with E-state index < -0.39 is 0 Å². The van der Waals surface area contributed by atoms with Gasteiger partial charge < -0.3 is 20.6 Å². The molecule has 0 aromatic carbocycles. The van der Waals surface area contributed by atoms with Gasteiger partial charge in [0.2, 0.25) is 5.91 Å². The maximum Gasteiger partial charge on any atom is 0.217 e. The zero-order valence-corrected chi connectivity index (χ0v) is 14.8. The third kappa shape index (κ3) is 4.60. The summed E-state index contributed by atoms with van der Waals surface area (Å²) in [6.45, 7) is 2.99. The van der Waals surface area contributed by atoms with E-state index in [1.165, 1.54) is 0 Å². The second kappa shape index (κ2) is 8.47. The van der Waals surface area contributed by atoms with Crippen molar-refractivity contribution in [3.8, 4) is 0 Å². The van der Waals surface area contributed by atoms with Crippen molar-refractivity contribution in [3.05, 3.63) is 12.4 Å². The first-order valence-corrected chi connectivity index (χ1v) is 9.40. The van der Waals surface area contributed by atoms with Crippen LogP contribution in [0.2, 0.25) is 0 Å². The van der Waals surface area contributed by atoms with Gasteiger partial charge in [-0.05, 0) is 44.4 Å². The Labute approximate surface area is 149 Å². The predicted molar refractivity (Wildman–Crippen MR) is 97.5 cm³/mol. The Morgan fingerprint density at radius 3 is 2.84 bits per heavy atom. The highest BCUT2D eigenvalue weighted by Crippen LogP contribution is 2.28. The maximum absolute atomic E-state index is 11.0. The molecule has 0 bridgehead atoms. The van der Waals surface area contributed by atoms with Crippen LogP contribution in [-0.4, -0.2) is 53.3 Å². The van der Waals surface area contributed by atoms with Crippen LogP contribution < -0.4 is 15.5 Å². The summed E-state index contributed by atoms with van der Waals surface area (Å²) in [7, 11) is 0. The molecule has 0 aliphatic carbocycles. The normalized spacial score (nSPS) is 24.4. The van der Waals surface area contributed by atoms with Gasteiger partial charge >= 0.3 is 0 Å². The van der Waals surface area contributed by atoms with E-state index in [0.717, 1.165) is 69.8 Å². The van der Waals surface area contributed by atoms with E-state index in [1.54, 1.807) is 6.33 Å². The number of nitrogens with zero attached hydrogens (tertiary/aromatic N) is 4. The Morgan fingerprint density at radius 1 is 1.20 bits per heavy atom. The van der Waals surface area contributed by atoms with Gasteiger partial charge in [-0.15, -0.1) is 0 Å². The number of rotatable bonds is 6. The van der Waals surface area contributed by atoms with E-state index in [2.05, 4.69) is 19.8 Å². The van der Waals surface area contributed by atoms with Gasteiger partial charge in [0, 0.05) is 32.1 Å². The smallest absolute Gasteiger partial charge is 0.217 e. The van der Waals surface area contributed by atoms with E-state index in [0.29, 0.717) is 12.3 Å². The summed E-state index contributed by atoms with van der Waals surface area (Å²) in [5.74, 6) is 2.11. The van der Waals surface area contributed by atoms with Gasteiger partial charge in [-0.1, -0.05) is 0 Å². The quantitative estimate of drug-likeness (QED) is 0.805. The van der Waals surface area contributed by atoms with E-state index in [1.807, 2.05) is 6.07 Å². The van der Waals surface area contributed by atoms with Crippen molar-refractivity contribution in [2.24, 2.45) is 11.7 Å². The van der Waals surface area contributed by atoms with Gasteiger partial charge in [0.1, 0.15) is 18.0 Å². The van der Waals surface area contributed by atoms with Crippen molar-refractivity contribution in [3.63, 3.8) is 0 Å². The van der Waals surface area contributed by atoms with Gasteiger partial charge in [0.15, 0.2) is 0 Å². The number of hydrogen-bond donors (Lipinski definition) is 2. The summed E-state index contributed by atoms with van der Waals surface area (Å²) < 4.78 is 0. The first kappa shape index (κ1) is 17.9. The van der Waals surface area contributed by atoms with Crippen LogP contribution in [0.25, 0.3) is 0 Å². The van der Waals surface area contributed by atoms with Crippen LogP contribution in [0.3, 0.4) is 0 Å². The largest absolute Gasteiger partial charge is 0.394 e. The van der Waals surface area contributed by atoms with Crippen LogP contribution >= 0.6 is 0 Å². The fourth-order valence-electron chi connectivity index (χ4n) is 4.01. The lowest BCUT2D eigenvalue weighted by Gasteiger charge is -2.37. The predicted octanol–water partition coefficient (Wildman–Crippen LogP) is 1.31. The lowest BCUT2D eigenvalue weighted by Crippen LogP contribution is -2.42. The van der Waals surface area contributed by atoms with Gasteiger partial charge in [0.25, 0.3) is 0 Å². The van der Waals surface area contributed by atoms with Gasteiger partial charge in [0.05, 0.1) is 12.6 Å². The second-order valence-electron chi connectivity index (χ2n) is 7.22. The number of aromatic nitrogens is 2. The molecule has 25 heavy (non-hydrogen) atoms. The molecule has 3 heterocycles. The molecular formula is C18H29N5O2. The zero-order valence-electron chi connectivity index (χ0n) is 14.8. The Balaban J connectivity index is 1.69. The number of piperidine rings is 2. The number of anilines is 2. The molecular weight excluding hydrogens is 318 g/mol. The first-order chi connectivity index (χ1) is 12.2. The van der Waals surface area contributed by atoms with Crippen molar-refractivity contribution < 1.29 is 9.90 Å². The third-order valence-corrected chi connectivity index (χ3v) is 5.41. The van der Waals surface area contributed by atoms with Crippen molar-refractivity contribution >= 4 is 17.5 Å². The molecule has 2 saturated heterocycles. The summed E-state index contributed by atoms with van der Waals surface area (Å²) in [6.07, 6.45) is 8.48. The van der Waals surface area contributed by atoms with Gasteiger partial charge in [-0.25, -0.2) is 9.97 Å². The van der Waals surface area contributed by atoms with Crippen molar-refractivity contribution in [1.82, 2.24) is 9.97 Å². The van der Waals surface area contributed by atoms with E-state index >= 15 is 0 Å². The standard InChI is InChI=1S/C18H29N5O2/c19-16(25)7-6-14-4-3-8-22(11-14)17-10-18(21-13-20-17)23-9-2-1-5-15(23)12-24/h10,13-15,24H,1-9,11-12H2,(H2,19,25). The molecule has 0 radical (unpaired) electrons. The van der Waals surface area contributed by atoms with Crippen LogP contribution in [0, 0.1) is 5.92 Å². The fraction of sp³-hybridized carbons (Fsp3) is 0.722. The zero-order chi connectivity index (χ0) is 17.6. The molecule has 2 atom stereocenters. The molecule has 1 amide bonds. The Bertz CT molecular complexity index is 582. The van der Waals surface area contributed by atoms with Crippen molar-refractivity contribution in [1.29, 1.82) is 0 Å². The minimum Gasteiger partial charge on any atom is -0.394 e. The average Bonchev–Trinajstić information content (AvgIpc) is 2.66. The number of hydrogen-bond acceptors (Lipinski definition) is 6. The maximum atomic E-state index is 11.0. The highest BCUT2D eigenvalue weighted by atomic mass is 16.3. The third-order valence-electron chi connectivity index (χ3n) is 5.41. The highest BCUT2D eigenvalue weighted by Gasteiger charge is 2.25. The fourth-order valence-corrected chi connectivity index (χ4v) is 4.01. The molecule has 138 valence electrons. The lowest BCUT2D eigenvalue weighted by atomic mass is 9.93. The minimum atomic E-state index is -0.221. The molecule has 3 rings (SSSR count). The molecule has 2 fully saturated rings. The van der Waals surface area contributed by atoms with Crippen molar-refractivity contribution in [2.75, 3.05) is 36.0 Å². The van der Waals surface area contributed by atoms with Crippen LogP contribution in [0.15, 0.2) is 12.4 Å².